The Hall–Kier alpha value is -0.370. The molecule has 0 saturated heterocycles. The molecule has 0 saturated carbocycles. The number of carbonyl (C=O) groups is 1. The Morgan fingerprint density at radius 2 is 1.85 bits per heavy atom. The van der Waals surface area contributed by atoms with Gasteiger partial charge in [0.1, 0.15) is 5.78 Å². The van der Waals surface area contributed by atoms with Crippen molar-refractivity contribution in [1.29, 1.82) is 0 Å². The molecule has 1 atom stereocenters. The van der Waals surface area contributed by atoms with Crippen LogP contribution in [0, 0.1) is 0 Å². The summed E-state index contributed by atoms with van der Waals surface area (Å²) in [5, 5.41) is 0. The van der Waals surface area contributed by atoms with Crippen LogP contribution in [0.4, 0.5) is 0 Å². The van der Waals surface area contributed by atoms with E-state index < -0.39 is 0 Å². The molecule has 0 spiro atoms. The standard InChI is InChI=1S/C11H23NO/c1-3-4-5-6-7-8-11(12)9-10(2)13/h11H,3-9,12H2,1-2H3/t11-/m1/s1. The molecule has 0 aromatic carbocycles. The van der Waals surface area contributed by atoms with Gasteiger partial charge < -0.3 is 5.73 Å². The summed E-state index contributed by atoms with van der Waals surface area (Å²) in [5.74, 6) is 0.209. The molecule has 0 aliphatic carbocycles. The molecular formula is C11H23NO. The highest BCUT2D eigenvalue weighted by Crippen LogP contribution is 2.07. The van der Waals surface area contributed by atoms with Gasteiger partial charge in [0.2, 0.25) is 0 Å². The number of rotatable bonds is 8. The van der Waals surface area contributed by atoms with Gasteiger partial charge >= 0.3 is 0 Å². The summed E-state index contributed by atoms with van der Waals surface area (Å²) in [6.07, 6.45) is 7.90. The minimum Gasteiger partial charge on any atom is -0.327 e. The van der Waals surface area contributed by atoms with Crippen LogP contribution in [0.2, 0.25) is 0 Å². The van der Waals surface area contributed by atoms with E-state index >= 15 is 0 Å². The fourth-order valence-electron chi connectivity index (χ4n) is 1.48. The van der Waals surface area contributed by atoms with E-state index in [0.29, 0.717) is 6.42 Å². The van der Waals surface area contributed by atoms with Gasteiger partial charge in [-0.3, -0.25) is 4.79 Å². The molecule has 0 amide bonds. The molecule has 0 aliphatic heterocycles. The first-order valence-electron chi connectivity index (χ1n) is 5.41. The summed E-state index contributed by atoms with van der Waals surface area (Å²) in [4.78, 5) is 10.7. The van der Waals surface area contributed by atoms with Crippen LogP contribution >= 0.6 is 0 Å². The summed E-state index contributed by atoms with van der Waals surface area (Å²) in [6, 6.07) is 0.0964. The molecule has 0 rings (SSSR count). The maximum atomic E-state index is 10.7. The van der Waals surface area contributed by atoms with E-state index in [1.165, 1.54) is 32.1 Å². The van der Waals surface area contributed by atoms with E-state index in [2.05, 4.69) is 6.92 Å². The van der Waals surface area contributed by atoms with Gasteiger partial charge in [-0.15, -0.1) is 0 Å². The first-order valence-corrected chi connectivity index (χ1v) is 5.41. The second-order valence-electron chi connectivity index (χ2n) is 3.87. The third-order valence-corrected chi connectivity index (χ3v) is 2.23. The molecule has 0 fully saturated rings. The number of Topliss-reactive ketones (excluding diaryl/α,β-unsaturated/α-hetero) is 1. The van der Waals surface area contributed by atoms with Gasteiger partial charge in [0, 0.05) is 12.5 Å². The Labute approximate surface area is 81.9 Å². The zero-order chi connectivity index (χ0) is 10.1. The summed E-state index contributed by atoms with van der Waals surface area (Å²) < 4.78 is 0. The van der Waals surface area contributed by atoms with Crippen molar-refractivity contribution in [2.75, 3.05) is 0 Å². The molecule has 0 heterocycles. The lowest BCUT2D eigenvalue weighted by molar-refractivity contribution is -0.117. The number of hydrogen-bond acceptors (Lipinski definition) is 2. The Morgan fingerprint density at radius 3 is 2.38 bits per heavy atom. The minimum absolute atomic E-state index is 0.0964. The van der Waals surface area contributed by atoms with Crippen molar-refractivity contribution in [2.45, 2.75) is 64.8 Å². The fraction of sp³-hybridized carbons (Fsp3) is 0.909. The maximum Gasteiger partial charge on any atom is 0.131 e. The normalized spacial score (nSPS) is 12.8. The summed E-state index contributed by atoms with van der Waals surface area (Å²) in [7, 11) is 0. The number of nitrogens with two attached hydrogens (primary N) is 1. The molecule has 0 radical (unpaired) electrons. The van der Waals surface area contributed by atoms with Gasteiger partial charge in [-0.1, -0.05) is 39.0 Å². The zero-order valence-corrected chi connectivity index (χ0v) is 9.01. The van der Waals surface area contributed by atoms with Crippen molar-refractivity contribution in [3.63, 3.8) is 0 Å². The molecule has 78 valence electrons. The van der Waals surface area contributed by atoms with E-state index in [1.54, 1.807) is 6.92 Å². The van der Waals surface area contributed by atoms with Gasteiger partial charge in [0.15, 0.2) is 0 Å². The summed E-state index contributed by atoms with van der Waals surface area (Å²) in [5.41, 5.74) is 5.77. The monoisotopic (exact) mass is 185 g/mol. The van der Waals surface area contributed by atoms with E-state index in [9.17, 15) is 4.79 Å². The number of carbonyl (C=O) groups excluding carboxylic acids is 1. The highest BCUT2D eigenvalue weighted by Gasteiger charge is 2.04. The van der Waals surface area contributed by atoms with E-state index in [0.717, 1.165) is 6.42 Å². The predicted octanol–water partition coefficient (Wildman–Crippen LogP) is 2.65. The smallest absolute Gasteiger partial charge is 0.131 e. The average molecular weight is 185 g/mol. The van der Waals surface area contributed by atoms with Crippen molar-refractivity contribution in [3.05, 3.63) is 0 Å². The van der Waals surface area contributed by atoms with Crippen LogP contribution in [0.25, 0.3) is 0 Å². The zero-order valence-electron chi connectivity index (χ0n) is 9.01. The van der Waals surface area contributed by atoms with Crippen molar-refractivity contribution >= 4 is 5.78 Å². The van der Waals surface area contributed by atoms with Gasteiger partial charge in [-0.05, 0) is 13.3 Å². The van der Waals surface area contributed by atoms with Crippen LogP contribution in [0.5, 0.6) is 0 Å². The topological polar surface area (TPSA) is 43.1 Å². The lowest BCUT2D eigenvalue weighted by Crippen LogP contribution is -2.22. The lowest BCUT2D eigenvalue weighted by Gasteiger charge is -2.08. The second kappa shape index (κ2) is 8.24. The minimum atomic E-state index is 0.0964. The molecule has 13 heavy (non-hydrogen) atoms. The molecule has 0 bridgehead atoms. The SMILES string of the molecule is CCCCCCC[C@@H](N)CC(C)=O. The fourth-order valence-corrected chi connectivity index (χ4v) is 1.48. The maximum absolute atomic E-state index is 10.7. The van der Waals surface area contributed by atoms with Gasteiger partial charge in [-0.2, -0.15) is 0 Å². The molecule has 0 unspecified atom stereocenters. The van der Waals surface area contributed by atoms with Crippen LogP contribution in [-0.2, 0) is 4.79 Å². The van der Waals surface area contributed by atoms with Crippen molar-refractivity contribution < 1.29 is 4.79 Å². The summed E-state index contributed by atoms with van der Waals surface area (Å²) >= 11 is 0. The van der Waals surface area contributed by atoms with Crippen molar-refractivity contribution in [2.24, 2.45) is 5.73 Å². The average Bonchev–Trinajstić information content (AvgIpc) is 2.02. The number of hydrogen-bond donors (Lipinski definition) is 1. The highest BCUT2D eigenvalue weighted by molar-refractivity contribution is 5.76. The third-order valence-electron chi connectivity index (χ3n) is 2.23. The first-order chi connectivity index (χ1) is 6.16. The van der Waals surface area contributed by atoms with Crippen LogP contribution in [0.3, 0.4) is 0 Å². The van der Waals surface area contributed by atoms with E-state index in [4.69, 9.17) is 5.73 Å². The molecule has 0 aromatic rings. The van der Waals surface area contributed by atoms with Crippen LogP contribution < -0.4 is 5.73 Å². The first kappa shape index (κ1) is 12.6. The molecule has 2 nitrogen and oxygen atoms in total. The Morgan fingerprint density at radius 1 is 1.23 bits per heavy atom. The number of ketones is 1. The highest BCUT2D eigenvalue weighted by atomic mass is 16.1. The largest absolute Gasteiger partial charge is 0.327 e. The van der Waals surface area contributed by atoms with E-state index in [-0.39, 0.29) is 11.8 Å². The lowest BCUT2D eigenvalue weighted by atomic mass is 10.0. The molecule has 2 heteroatoms. The van der Waals surface area contributed by atoms with Crippen LogP contribution in [0.1, 0.15) is 58.8 Å². The quantitative estimate of drug-likeness (QED) is 0.591. The third kappa shape index (κ3) is 9.54. The van der Waals surface area contributed by atoms with Gasteiger partial charge in [0.25, 0.3) is 0 Å². The van der Waals surface area contributed by atoms with E-state index in [1.807, 2.05) is 0 Å². The molecule has 0 aliphatic rings. The van der Waals surface area contributed by atoms with Crippen LogP contribution in [-0.4, -0.2) is 11.8 Å². The Bertz CT molecular complexity index is 134. The van der Waals surface area contributed by atoms with Gasteiger partial charge in [-0.25, -0.2) is 0 Å². The molecule has 0 aromatic heterocycles. The predicted molar refractivity (Wildman–Crippen MR) is 56.6 cm³/mol. The summed E-state index contributed by atoms with van der Waals surface area (Å²) in [6.45, 7) is 3.82. The van der Waals surface area contributed by atoms with Gasteiger partial charge in [0.05, 0.1) is 0 Å². The van der Waals surface area contributed by atoms with Crippen molar-refractivity contribution in [1.82, 2.24) is 0 Å². The van der Waals surface area contributed by atoms with Crippen molar-refractivity contribution in [3.8, 4) is 0 Å². The second-order valence-corrected chi connectivity index (χ2v) is 3.87. The number of unbranched alkanes of at least 4 members (excludes halogenated alkanes) is 4. The Kier molecular flexibility index (Phi) is 8.00. The molecule has 2 N–H and O–H groups in total. The van der Waals surface area contributed by atoms with Crippen LogP contribution in [0.15, 0.2) is 0 Å². The molecular weight excluding hydrogens is 162 g/mol. The Balaban J connectivity index is 3.17.